The number of nitrogens with zero attached hydrogens (tertiary/aromatic N) is 1. The van der Waals surface area contributed by atoms with Crippen LogP contribution in [0.1, 0.15) is 53.6 Å². The van der Waals surface area contributed by atoms with Crippen molar-refractivity contribution in [3.8, 4) is 0 Å². The van der Waals surface area contributed by atoms with E-state index in [0.29, 0.717) is 17.7 Å². The highest BCUT2D eigenvalue weighted by Crippen LogP contribution is 2.32. The van der Waals surface area contributed by atoms with Gasteiger partial charge in [0, 0.05) is 30.0 Å². The molecule has 1 heterocycles. The van der Waals surface area contributed by atoms with E-state index in [1.165, 1.54) is 4.90 Å². The van der Waals surface area contributed by atoms with E-state index in [-0.39, 0.29) is 48.9 Å². The number of carbonyl (C=O) groups is 4. The molecule has 0 radical (unpaired) electrons. The summed E-state index contributed by atoms with van der Waals surface area (Å²) >= 11 is 0. The van der Waals surface area contributed by atoms with Crippen LogP contribution in [0, 0.1) is 11.8 Å². The van der Waals surface area contributed by atoms with Crippen LogP contribution in [-0.4, -0.2) is 36.6 Å². The lowest BCUT2D eigenvalue weighted by Gasteiger charge is -2.28. The second-order valence-electron chi connectivity index (χ2n) is 8.93. The van der Waals surface area contributed by atoms with Gasteiger partial charge in [-0.1, -0.05) is 49.2 Å². The molecule has 33 heavy (non-hydrogen) atoms. The Bertz CT molecular complexity index is 1080. The Balaban J connectivity index is 1.41. The number of nitrogens with one attached hydrogen (secondary N) is 1. The van der Waals surface area contributed by atoms with Gasteiger partial charge >= 0.3 is 0 Å². The maximum Gasteiger partial charge on any atom is 0.259 e. The van der Waals surface area contributed by atoms with Crippen LogP contribution in [0.15, 0.2) is 48.5 Å². The largest absolute Gasteiger partial charge is 0.369 e. The van der Waals surface area contributed by atoms with Gasteiger partial charge in [-0.25, -0.2) is 0 Å². The maximum atomic E-state index is 13.3. The molecule has 1 fully saturated rings. The summed E-state index contributed by atoms with van der Waals surface area (Å²) in [7, 11) is 0. The average Bonchev–Trinajstić information content (AvgIpc) is 2.93. The number of benzene rings is 2. The molecule has 7 nitrogen and oxygen atoms in total. The van der Waals surface area contributed by atoms with E-state index >= 15 is 0 Å². The van der Waals surface area contributed by atoms with E-state index in [2.05, 4.69) is 5.32 Å². The Morgan fingerprint density at radius 1 is 0.970 bits per heavy atom. The number of anilines is 1. The number of Topliss-reactive ketones (excluding diaryl/α,β-unsaturated/α-hetero) is 1. The second kappa shape index (κ2) is 9.98. The molecule has 3 amide bonds. The molecule has 172 valence electrons. The minimum absolute atomic E-state index is 0.0591. The molecule has 1 saturated carbocycles. The number of nitrogens with two attached hydrogens (primary N) is 1. The normalized spacial score (nSPS) is 19.8. The molecule has 1 aliphatic carbocycles. The average molecular weight is 448 g/mol. The fourth-order valence-electron chi connectivity index (χ4n) is 5.01. The zero-order valence-electron chi connectivity index (χ0n) is 18.6. The predicted octanol–water partition coefficient (Wildman–Crippen LogP) is 2.60. The van der Waals surface area contributed by atoms with E-state index in [1.54, 1.807) is 6.07 Å². The Labute approximate surface area is 193 Å². The number of carbonyl (C=O) groups excluding carboxylic acids is 4. The number of ketones is 1. The highest BCUT2D eigenvalue weighted by atomic mass is 16.2. The first-order valence-corrected chi connectivity index (χ1v) is 11.5. The molecule has 4 rings (SSSR count). The third-order valence-corrected chi connectivity index (χ3v) is 6.71. The summed E-state index contributed by atoms with van der Waals surface area (Å²) in [5.41, 5.74) is 8.67. The van der Waals surface area contributed by atoms with E-state index < -0.39 is 5.91 Å². The van der Waals surface area contributed by atoms with Crippen molar-refractivity contribution in [2.24, 2.45) is 17.6 Å². The molecule has 7 heteroatoms. The lowest BCUT2D eigenvalue weighted by Crippen LogP contribution is -2.43. The number of hydrogen-bond acceptors (Lipinski definition) is 4. The van der Waals surface area contributed by atoms with E-state index in [1.807, 2.05) is 42.5 Å². The van der Waals surface area contributed by atoms with E-state index in [9.17, 15) is 19.2 Å². The summed E-state index contributed by atoms with van der Waals surface area (Å²) in [6, 6.07) is 15.0. The molecule has 0 spiro atoms. The van der Waals surface area contributed by atoms with Gasteiger partial charge in [-0.05, 0) is 42.0 Å². The SMILES string of the molecule is NC(=O)C1CCCCC1CC(=O)CNC(=O)CN1C(=O)c2ccccc2Cc2ccccc21. The molecule has 2 unspecified atom stereocenters. The number of primary amides is 1. The molecule has 0 aromatic heterocycles. The Morgan fingerprint density at radius 3 is 2.45 bits per heavy atom. The number of amides is 3. The zero-order valence-corrected chi connectivity index (χ0v) is 18.6. The fourth-order valence-corrected chi connectivity index (χ4v) is 5.01. The van der Waals surface area contributed by atoms with Crippen molar-refractivity contribution in [2.75, 3.05) is 18.0 Å². The highest BCUT2D eigenvalue weighted by Gasteiger charge is 2.31. The summed E-state index contributed by atoms with van der Waals surface area (Å²) in [4.78, 5) is 51.7. The molecular weight excluding hydrogens is 418 g/mol. The molecule has 2 aliphatic rings. The summed E-state index contributed by atoms with van der Waals surface area (Å²) in [6.45, 7) is -0.300. The first kappa shape index (κ1) is 22.7. The van der Waals surface area contributed by atoms with Gasteiger partial charge in [0.2, 0.25) is 11.8 Å². The summed E-state index contributed by atoms with van der Waals surface area (Å²) < 4.78 is 0. The van der Waals surface area contributed by atoms with Crippen LogP contribution >= 0.6 is 0 Å². The lowest BCUT2D eigenvalue weighted by atomic mass is 9.76. The van der Waals surface area contributed by atoms with Crippen LogP contribution in [0.3, 0.4) is 0 Å². The summed E-state index contributed by atoms with van der Waals surface area (Å²) in [5, 5.41) is 2.66. The van der Waals surface area contributed by atoms with Gasteiger partial charge in [-0.15, -0.1) is 0 Å². The number of para-hydroxylation sites is 1. The van der Waals surface area contributed by atoms with Crippen molar-refractivity contribution < 1.29 is 19.2 Å². The molecule has 2 aromatic rings. The predicted molar refractivity (Wildman–Crippen MR) is 125 cm³/mol. The molecule has 2 atom stereocenters. The Morgan fingerprint density at radius 2 is 1.67 bits per heavy atom. The molecule has 3 N–H and O–H groups in total. The van der Waals surface area contributed by atoms with E-state index in [4.69, 9.17) is 5.73 Å². The topological polar surface area (TPSA) is 110 Å². The Kier molecular flexibility index (Phi) is 6.87. The highest BCUT2D eigenvalue weighted by molar-refractivity contribution is 6.11. The third kappa shape index (κ3) is 5.13. The van der Waals surface area contributed by atoms with Gasteiger partial charge in [0.15, 0.2) is 5.78 Å². The van der Waals surface area contributed by atoms with Gasteiger partial charge in [0.1, 0.15) is 6.54 Å². The number of hydrogen-bond donors (Lipinski definition) is 2. The molecule has 0 saturated heterocycles. The fraction of sp³-hybridized carbons (Fsp3) is 0.385. The maximum absolute atomic E-state index is 13.3. The smallest absolute Gasteiger partial charge is 0.259 e. The second-order valence-corrected chi connectivity index (χ2v) is 8.93. The molecule has 2 aromatic carbocycles. The summed E-state index contributed by atoms with van der Waals surface area (Å²) in [5.74, 6) is -1.45. The van der Waals surface area contributed by atoms with Crippen LogP contribution in [0.5, 0.6) is 0 Å². The number of rotatable bonds is 7. The lowest BCUT2D eigenvalue weighted by molar-refractivity contribution is -0.127. The molecule has 0 bridgehead atoms. The van der Waals surface area contributed by atoms with Crippen molar-refractivity contribution in [3.63, 3.8) is 0 Å². The van der Waals surface area contributed by atoms with Crippen LogP contribution in [-0.2, 0) is 20.8 Å². The molecular formula is C26H29N3O4. The van der Waals surface area contributed by atoms with Crippen LogP contribution < -0.4 is 16.0 Å². The standard InChI is InChI=1S/C26H29N3O4/c27-25(32)21-10-4-1-8-18(21)14-20(30)15-28-24(31)16-29-23-12-6-3-9-19(23)13-17-7-2-5-11-22(17)26(29)33/h2-3,5-7,9,11-12,18,21H,1,4,8,10,13-16H2,(H2,27,32)(H,28,31). The zero-order chi connectivity index (χ0) is 23.4. The van der Waals surface area contributed by atoms with Crippen molar-refractivity contribution in [1.29, 1.82) is 0 Å². The minimum atomic E-state index is -0.402. The van der Waals surface area contributed by atoms with Gasteiger partial charge in [0.05, 0.1) is 6.54 Å². The van der Waals surface area contributed by atoms with Gasteiger partial charge in [-0.3, -0.25) is 24.1 Å². The monoisotopic (exact) mass is 447 g/mol. The van der Waals surface area contributed by atoms with Gasteiger partial charge < -0.3 is 11.1 Å². The van der Waals surface area contributed by atoms with Crippen LogP contribution in [0.2, 0.25) is 0 Å². The molecule has 1 aliphatic heterocycles. The van der Waals surface area contributed by atoms with Crippen molar-refractivity contribution >= 4 is 29.2 Å². The van der Waals surface area contributed by atoms with Crippen molar-refractivity contribution in [1.82, 2.24) is 5.32 Å². The van der Waals surface area contributed by atoms with Gasteiger partial charge in [-0.2, -0.15) is 0 Å². The summed E-state index contributed by atoms with van der Waals surface area (Å²) in [6.07, 6.45) is 4.28. The number of fused-ring (bicyclic) bond motifs is 2. The first-order chi connectivity index (χ1) is 15.9. The van der Waals surface area contributed by atoms with Crippen LogP contribution in [0.4, 0.5) is 5.69 Å². The third-order valence-electron chi connectivity index (χ3n) is 6.71. The Hall–Kier alpha value is -3.48. The van der Waals surface area contributed by atoms with Crippen molar-refractivity contribution in [2.45, 2.75) is 38.5 Å². The van der Waals surface area contributed by atoms with Crippen LogP contribution in [0.25, 0.3) is 0 Å². The van der Waals surface area contributed by atoms with E-state index in [0.717, 1.165) is 36.8 Å². The quantitative estimate of drug-likeness (QED) is 0.680. The van der Waals surface area contributed by atoms with Crippen molar-refractivity contribution in [3.05, 3.63) is 65.2 Å². The minimum Gasteiger partial charge on any atom is -0.369 e. The van der Waals surface area contributed by atoms with Gasteiger partial charge in [0.25, 0.3) is 5.91 Å². The first-order valence-electron chi connectivity index (χ1n) is 11.5.